The molecule has 2 aromatic carbocycles. The minimum atomic E-state index is -0.378. The standard InChI is InChI=1S/C19H18N2O3/c1-11-6-4-5-7-14(11)12(2)20-17(22)13-8-9-15-16(10-13)19(24)21(3)18(15)23/h4-10,12H,1-3H3,(H,20,22)/t12-/m1/s1. The van der Waals surface area contributed by atoms with Crippen molar-refractivity contribution in [2.45, 2.75) is 19.9 Å². The lowest BCUT2D eigenvalue weighted by molar-refractivity contribution is 0.0693. The monoisotopic (exact) mass is 322 g/mol. The van der Waals surface area contributed by atoms with Crippen molar-refractivity contribution in [2.24, 2.45) is 0 Å². The molecule has 1 heterocycles. The molecule has 24 heavy (non-hydrogen) atoms. The molecular formula is C19H18N2O3. The molecule has 3 amide bonds. The second-order valence-corrected chi connectivity index (χ2v) is 5.98. The Morgan fingerprint density at radius 2 is 1.71 bits per heavy atom. The number of aryl methyl sites for hydroxylation is 1. The molecule has 0 fully saturated rings. The van der Waals surface area contributed by atoms with Crippen LogP contribution in [-0.4, -0.2) is 29.7 Å². The van der Waals surface area contributed by atoms with Gasteiger partial charge in [0, 0.05) is 12.6 Å². The molecule has 0 spiro atoms. The van der Waals surface area contributed by atoms with Crippen molar-refractivity contribution in [3.8, 4) is 0 Å². The number of benzene rings is 2. The molecule has 1 atom stereocenters. The number of nitrogens with zero attached hydrogens (tertiary/aromatic N) is 1. The highest BCUT2D eigenvalue weighted by Gasteiger charge is 2.33. The summed E-state index contributed by atoms with van der Waals surface area (Å²) in [6.07, 6.45) is 0. The second kappa shape index (κ2) is 5.92. The van der Waals surface area contributed by atoms with Gasteiger partial charge in [-0.25, -0.2) is 0 Å². The van der Waals surface area contributed by atoms with Crippen LogP contribution in [0.1, 0.15) is 55.2 Å². The fourth-order valence-corrected chi connectivity index (χ4v) is 2.93. The van der Waals surface area contributed by atoms with Crippen LogP contribution >= 0.6 is 0 Å². The van der Waals surface area contributed by atoms with E-state index >= 15 is 0 Å². The Labute approximate surface area is 140 Å². The number of imide groups is 1. The Balaban J connectivity index is 1.83. The summed E-state index contributed by atoms with van der Waals surface area (Å²) in [4.78, 5) is 37.5. The Morgan fingerprint density at radius 3 is 2.42 bits per heavy atom. The van der Waals surface area contributed by atoms with Gasteiger partial charge in [0.2, 0.25) is 0 Å². The molecule has 1 N–H and O–H groups in total. The quantitative estimate of drug-likeness (QED) is 0.884. The lowest BCUT2D eigenvalue weighted by atomic mass is 10.0. The molecule has 1 aliphatic rings. The van der Waals surface area contributed by atoms with Crippen molar-refractivity contribution in [3.05, 3.63) is 70.3 Å². The number of hydrogen-bond acceptors (Lipinski definition) is 3. The zero-order valence-electron chi connectivity index (χ0n) is 13.8. The lowest BCUT2D eigenvalue weighted by Gasteiger charge is -2.16. The molecule has 0 aliphatic carbocycles. The maximum absolute atomic E-state index is 12.5. The summed E-state index contributed by atoms with van der Waals surface area (Å²) >= 11 is 0. The minimum Gasteiger partial charge on any atom is -0.346 e. The molecule has 5 heteroatoms. The summed E-state index contributed by atoms with van der Waals surface area (Å²) in [5, 5.41) is 2.93. The van der Waals surface area contributed by atoms with Crippen LogP contribution in [0.15, 0.2) is 42.5 Å². The summed E-state index contributed by atoms with van der Waals surface area (Å²) in [5.74, 6) is -0.991. The van der Waals surface area contributed by atoms with Crippen molar-refractivity contribution in [1.82, 2.24) is 10.2 Å². The first-order valence-corrected chi connectivity index (χ1v) is 7.73. The largest absolute Gasteiger partial charge is 0.346 e. The highest BCUT2D eigenvalue weighted by molar-refractivity contribution is 6.21. The number of nitrogens with one attached hydrogen (secondary N) is 1. The Kier molecular flexibility index (Phi) is 3.93. The van der Waals surface area contributed by atoms with Gasteiger partial charge in [0.25, 0.3) is 17.7 Å². The fraction of sp³-hybridized carbons (Fsp3) is 0.211. The van der Waals surface area contributed by atoms with Gasteiger partial charge in [-0.05, 0) is 43.2 Å². The molecule has 2 aromatic rings. The van der Waals surface area contributed by atoms with Crippen LogP contribution in [0, 0.1) is 6.92 Å². The normalized spacial score (nSPS) is 14.5. The van der Waals surface area contributed by atoms with Crippen molar-refractivity contribution in [1.29, 1.82) is 0 Å². The van der Waals surface area contributed by atoms with Crippen LogP contribution in [0.25, 0.3) is 0 Å². The number of amides is 3. The third kappa shape index (κ3) is 2.58. The van der Waals surface area contributed by atoms with Gasteiger partial charge in [-0.3, -0.25) is 19.3 Å². The van der Waals surface area contributed by atoms with E-state index < -0.39 is 0 Å². The number of fused-ring (bicyclic) bond motifs is 1. The predicted octanol–water partition coefficient (Wildman–Crippen LogP) is 2.71. The van der Waals surface area contributed by atoms with E-state index in [-0.39, 0.29) is 29.3 Å². The van der Waals surface area contributed by atoms with Gasteiger partial charge in [-0.1, -0.05) is 24.3 Å². The molecule has 1 aliphatic heterocycles. The van der Waals surface area contributed by atoms with Gasteiger partial charge in [0.15, 0.2) is 0 Å². The van der Waals surface area contributed by atoms with Crippen molar-refractivity contribution < 1.29 is 14.4 Å². The average Bonchev–Trinajstić information content (AvgIpc) is 2.79. The molecule has 5 nitrogen and oxygen atoms in total. The van der Waals surface area contributed by atoms with Gasteiger partial charge in [-0.15, -0.1) is 0 Å². The number of rotatable bonds is 3. The first-order chi connectivity index (χ1) is 11.4. The van der Waals surface area contributed by atoms with Crippen LogP contribution in [0.2, 0.25) is 0 Å². The highest BCUT2D eigenvalue weighted by atomic mass is 16.2. The van der Waals surface area contributed by atoms with Crippen molar-refractivity contribution >= 4 is 17.7 Å². The third-order valence-electron chi connectivity index (χ3n) is 4.35. The zero-order chi connectivity index (χ0) is 17.4. The molecule has 0 unspecified atom stereocenters. The highest BCUT2D eigenvalue weighted by Crippen LogP contribution is 2.23. The summed E-state index contributed by atoms with van der Waals surface area (Å²) < 4.78 is 0. The maximum Gasteiger partial charge on any atom is 0.261 e. The smallest absolute Gasteiger partial charge is 0.261 e. The number of carbonyl (C=O) groups is 3. The average molecular weight is 322 g/mol. The van der Waals surface area contributed by atoms with E-state index in [0.717, 1.165) is 16.0 Å². The van der Waals surface area contributed by atoms with Gasteiger partial charge >= 0.3 is 0 Å². The van der Waals surface area contributed by atoms with Crippen molar-refractivity contribution in [2.75, 3.05) is 7.05 Å². The van der Waals surface area contributed by atoms with E-state index in [9.17, 15) is 14.4 Å². The zero-order valence-corrected chi connectivity index (χ0v) is 13.8. The molecule has 122 valence electrons. The van der Waals surface area contributed by atoms with E-state index in [1.807, 2.05) is 38.1 Å². The molecular weight excluding hydrogens is 304 g/mol. The Bertz CT molecular complexity index is 857. The molecule has 0 aromatic heterocycles. The van der Waals surface area contributed by atoms with Crippen LogP contribution < -0.4 is 5.32 Å². The molecule has 0 bridgehead atoms. The number of hydrogen-bond donors (Lipinski definition) is 1. The van der Waals surface area contributed by atoms with Crippen LogP contribution in [-0.2, 0) is 0 Å². The Hall–Kier alpha value is -2.95. The van der Waals surface area contributed by atoms with Crippen LogP contribution in [0.4, 0.5) is 0 Å². The van der Waals surface area contributed by atoms with Gasteiger partial charge < -0.3 is 5.32 Å². The van der Waals surface area contributed by atoms with E-state index in [4.69, 9.17) is 0 Å². The van der Waals surface area contributed by atoms with Gasteiger partial charge in [0.05, 0.1) is 17.2 Å². The van der Waals surface area contributed by atoms with Gasteiger partial charge in [0.1, 0.15) is 0 Å². The molecule has 0 saturated carbocycles. The Morgan fingerprint density at radius 1 is 1.04 bits per heavy atom. The maximum atomic E-state index is 12.5. The summed E-state index contributed by atoms with van der Waals surface area (Å²) in [6.45, 7) is 3.91. The predicted molar refractivity (Wildman–Crippen MR) is 89.9 cm³/mol. The lowest BCUT2D eigenvalue weighted by Crippen LogP contribution is -2.27. The fourth-order valence-electron chi connectivity index (χ4n) is 2.93. The summed E-state index contributed by atoms with van der Waals surface area (Å²) in [7, 11) is 1.44. The second-order valence-electron chi connectivity index (χ2n) is 5.98. The van der Waals surface area contributed by atoms with E-state index in [2.05, 4.69) is 5.32 Å². The molecule has 0 radical (unpaired) electrons. The van der Waals surface area contributed by atoms with E-state index in [1.54, 1.807) is 6.07 Å². The SMILES string of the molecule is Cc1ccccc1[C@@H](C)NC(=O)c1ccc2c(c1)C(=O)N(C)C2=O. The number of carbonyl (C=O) groups excluding carboxylic acids is 3. The van der Waals surface area contributed by atoms with Crippen LogP contribution in [0.3, 0.4) is 0 Å². The molecule has 0 saturated heterocycles. The molecule has 3 rings (SSSR count). The van der Waals surface area contributed by atoms with Crippen LogP contribution in [0.5, 0.6) is 0 Å². The first kappa shape index (κ1) is 15.9. The topological polar surface area (TPSA) is 66.5 Å². The minimum absolute atomic E-state index is 0.160. The summed E-state index contributed by atoms with van der Waals surface area (Å²) in [6, 6.07) is 12.3. The van der Waals surface area contributed by atoms with E-state index in [0.29, 0.717) is 11.1 Å². The third-order valence-corrected chi connectivity index (χ3v) is 4.35. The van der Waals surface area contributed by atoms with Gasteiger partial charge in [-0.2, -0.15) is 0 Å². The van der Waals surface area contributed by atoms with E-state index in [1.165, 1.54) is 19.2 Å². The summed E-state index contributed by atoms with van der Waals surface area (Å²) in [5.41, 5.74) is 3.12. The van der Waals surface area contributed by atoms with Crippen molar-refractivity contribution in [3.63, 3.8) is 0 Å². The first-order valence-electron chi connectivity index (χ1n) is 7.73.